The molecule has 0 spiro atoms. The van der Waals surface area contributed by atoms with Crippen LogP contribution in [0.3, 0.4) is 0 Å². The lowest BCUT2D eigenvalue weighted by Gasteiger charge is -2.12. The summed E-state index contributed by atoms with van der Waals surface area (Å²) in [6.45, 7) is 1.71. The van der Waals surface area contributed by atoms with Crippen molar-refractivity contribution < 1.29 is 22.7 Å². The third kappa shape index (κ3) is 4.32. The first kappa shape index (κ1) is 16.7. The molecule has 1 aromatic rings. The van der Waals surface area contributed by atoms with Crippen molar-refractivity contribution in [2.24, 2.45) is 0 Å². The number of hydrogen-bond acceptors (Lipinski definition) is 4. The summed E-state index contributed by atoms with van der Waals surface area (Å²) in [6.07, 6.45) is 0. The summed E-state index contributed by atoms with van der Waals surface area (Å²) in [7, 11) is 0. The molecule has 0 amide bonds. The molecule has 0 aliphatic heterocycles. The number of hydrogen-bond donors (Lipinski definition) is 0. The van der Waals surface area contributed by atoms with Crippen molar-refractivity contribution in [3.63, 3.8) is 0 Å². The van der Waals surface area contributed by atoms with Crippen LogP contribution in [0, 0.1) is 11.3 Å². The number of rotatable bonds is 4. The Kier molecular flexibility index (Phi) is 5.72. The summed E-state index contributed by atoms with van der Waals surface area (Å²) in [5, 5.41) is 8.90. The Morgan fingerprint density at radius 3 is 2.60 bits per heavy atom. The fourth-order valence-corrected chi connectivity index (χ4v) is 2.31. The molecule has 0 bridgehead atoms. The van der Waals surface area contributed by atoms with Gasteiger partial charge in [0.2, 0.25) is 0 Å². The number of thioether (sulfide) groups is 1. The largest absolute Gasteiger partial charge is 0.462 e. The van der Waals surface area contributed by atoms with Gasteiger partial charge < -0.3 is 4.74 Å². The van der Waals surface area contributed by atoms with E-state index in [1.165, 1.54) is 0 Å². The summed E-state index contributed by atoms with van der Waals surface area (Å²) >= 11 is 5.22. The van der Waals surface area contributed by atoms with Gasteiger partial charge >= 0.3 is 11.5 Å². The van der Waals surface area contributed by atoms with E-state index in [-0.39, 0.29) is 34.1 Å². The fraction of sp³-hybridized carbons (Fsp3) is 0.333. The lowest BCUT2D eigenvalue weighted by atomic mass is 10.1. The van der Waals surface area contributed by atoms with Crippen LogP contribution in [-0.2, 0) is 10.6 Å². The maximum Gasteiger partial charge on any atom is 0.446 e. The van der Waals surface area contributed by atoms with Gasteiger partial charge in [-0.3, -0.25) is 0 Å². The average Bonchev–Trinajstić information content (AvgIpc) is 2.36. The highest BCUT2D eigenvalue weighted by Crippen LogP contribution is 2.39. The molecule has 0 N–H and O–H groups in total. The Bertz CT molecular complexity index is 555. The molecule has 0 aliphatic rings. The van der Waals surface area contributed by atoms with E-state index in [4.69, 9.17) is 21.6 Å². The molecule has 0 saturated heterocycles. The number of esters is 1. The van der Waals surface area contributed by atoms with Crippen molar-refractivity contribution in [1.29, 1.82) is 5.26 Å². The van der Waals surface area contributed by atoms with Gasteiger partial charge in [-0.2, -0.15) is 18.4 Å². The first-order chi connectivity index (χ1) is 9.32. The topological polar surface area (TPSA) is 50.1 Å². The van der Waals surface area contributed by atoms with E-state index < -0.39 is 23.2 Å². The molecule has 0 saturated carbocycles. The number of benzene rings is 1. The molecule has 0 radical (unpaired) electrons. The number of nitrogens with zero attached hydrogens (tertiary/aromatic N) is 1. The molecule has 1 aromatic carbocycles. The normalized spacial score (nSPS) is 11.0. The van der Waals surface area contributed by atoms with E-state index in [0.29, 0.717) is 0 Å². The van der Waals surface area contributed by atoms with Crippen LogP contribution in [0.1, 0.15) is 28.4 Å². The second-order valence-corrected chi connectivity index (χ2v) is 4.89. The van der Waals surface area contributed by atoms with Crippen LogP contribution in [0.25, 0.3) is 0 Å². The minimum Gasteiger partial charge on any atom is -0.462 e. The Hall–Kier alpha value is -1.39. The maximum atomic E-state index is 12.4. The van der Waals surface area contributed by atoms with E-state index in [0.717, 1.165) is 12.1 Å². The molecule has 1 rings (SSSR count). The molecular weight excluding hydrogens is 315 g/mol. The van der Waals surface area contributed by atoms with Gasteiger partial charge in [-0.1, -0.05) is 0 Å². The Morgan fingerprint density at radius 2 is 2.15 bits per heavy atom. The second-order valence-electron chi connectivity index (χ2n) is 3.52. The lowest BCUT2D eigenvalue weighted by molar-refractivity contribution is -0.0328. The molecule has 108 valence electrons. The number of ether oxygens (including phenoxy) is 1. The zero-order valence-electron chi connectivity index (χ0n) is 10.3. The Balaban J connectivity index is 3.31. The van der Waals surface area contributed by atoms with Crippen molar-refractivity contribution in [3.05, 3.63) is 28.8 Å². The quantitative estimate of drug-likeness (QED) is 0.476. The van der Waals surface area contributed by atoms with Crippen molar-refractivity contribution in [3.8, 4) is 6.07 Å². The van der Waals surface area contributed by atoms with Crippen molar-refractivity contribution >= 4 is 29.3 Å². The highest BCUT2D eigenvalue weighted by atomic mass is 35.5. The minimum atomic E-state index is -4.53. The summed E-state index contributed by atoms with van der Waals surface area (Å²) < 4.78 is 42.0. The predicted molar refractivity (Wildman–Crippen MR) is 68.6 cm³/mol. The number of halogens is 4. The first-order valence-corrected chi connectivity index (χ1v) is 6.73. The van der Waals surface area contributed by atoms with E-state index in [2.05, 4.69) is 0 Å². The Morgan fingerprint density at radius 1 is 1.50 bits per heavy atom. The maximum absolute atomic E-state index is 12.4. The predicted octanol–water partition coefficient (Wildman–Crippen LogP) is 4.09. The lowest BCUT2D eigenvalue weighted by Crippen LogP contribution is -2.09. The van der Waals surface area contributed by atoms with Crippen molar-refractivity contribution in [2.45, 2.75) is 23.2 Å². The van der Waals surface area contributed by atoms with Crippen LogP contribution in [0.2, 0.25) is 0 Å². The zero-order valence-corrected chi connectivity index (χ0v) is 11.8. The van der Waals surface area contributed by atoms with Crippen LogP contribution in [-0.4, -0.2) is 18.1 Å². The highest BCUT2D eigenvalue weighted by Gasteiger charge is 2.31. The molecule has 0 heterocycles. The van der Waals surface area contributed by atoms with Gasteiger partial charge in [0.05, 0.1) is 17.7 Å². The second kappa shape index (κ2) is 6.86. The summed E-state index contributed by atoms with van der Waals surface area (Å²) in [6, 6.07) is 3.80. The van der Waals surface area contributed by atoms with Crippen molar-refractivity contribution in [2.75, 3.05) is 6.61 Å². The molecular formula is C12H9ClF3NO2S. The third-order valence-electron chi connectivity index (χ3n) is 2.19. The molecule has 0 fully saturated rings. The smallest absolute Gasteiger partial charge is 0.446 e. The van der Waals surface area contributed by atoms with E-state index >= 15 is 0 Å². The van der Waals surface area contributed by atoms with Gasteiger partial charge in [0.1, 0.15) is 6.07 Å². The van der Waals surface area contributed by atoms with E-state index in [9.17, 15) is 18.0 Å². The molecule has 3 nitrogen and oxygen atoms in total. The van der Waals surface area contributed by atoms with Gasteiger partial charge in [-0.15, -0.1) is 11.6 Å². The van der Waals surface area contributed by atoms with E-state index in [1.807, 2.05) is 0 Å². The van der Waals surface area contributed by atoms with Gasteiger partial charge in [-0.05, 0) is 36.4 Å². The average molecular weight is 324 g/mol. The summed E-state index contributed by atoms with van der Waals surface area (Å²) in [4.78, 5) is 11.4. The molecule has 0 aromatic heterocycles. The third-order valence-corrected chi connectivity index (χ3v) is 3.27. The first-order valence-electron chi connectivity index (χ1n) is 5.38. The van der Waals surface area contributed by atoms with E-state index in [1.54, 1.807) is 13.0 Å². The molecule has 0 atom stereocenters. The summed E-state index contributed by atoms with van der Waals surface area (Å²) in [5.41, 5.74) is -4.58. The molecule has 8 heteroatoms. The number of alkyl halides is 4. The summed E-state index contributed by atoms with van der Waals surface area (Å²) in [5.74, 6) is -0.881. The van der Waals surface area contributed by atoms with Gasteiger partial charge in [0.15, 0.2) is 0 Å². The Labute approximate surface area is 122 Å². The molecule has 0 unspecified atom stereocenters. The number of nitriles is 1. The van der Waals surface area contributed by atoms with Gasteiger partial charge in [-0.25, -0.2) is 4.79 Å². The van der Waals surface area contributed by atoms with Crippen LogP contribution in [0.5, 0.6) is 0 Å². The number of carbonyl (C=O) groups excluding carboxylic acids is 1. The van der Waals surface area contributed by atoms with Gasteiger partial charge in [0.25, 0.3) is 0 Å². The van der Waals surface area contributed by atoms with Crippen LogP contribution in [0.4, 0.5) is 13.2 Å². The van der Waals surface area contributed by atoms with Crippen molar-refractivity contribution in [1.82, 2.24) is 0 Å². The standard InChI is InChI=1S/C12H9ClF3NO2S/c1-2-19-11(18)9-3-8(6-17)10(4-7(9)5-13)20-12(14,15)16/h3-4H,2,5H2,1H3. The van der Waals surface area contributed by atoms with Crippen LogP contribution < -0.4 is 0 Å². The molecule has 20 heavy (non-hydrogen) atoms. The van der Waals surface area contributed by atoms with Crippen LogP contribution >= 0.6 is 23.4 Å². The number of carbonyl (C=O) groups is 1. The SMILES string of the molecule is CCOC(=O)c1cc(C#N)c(SC(F)(F)F)cc1CCl. The van der Waals surface area contributed by atoms with Gasteiger partial charge in [0, 0.05) is 10.8 Å². The fourth-order valence-electron chi connectivity index (χ4n) is 1.43. The molecule has 0 aliphatic carbocycles. The highest BCUT2D eigenvalue weighted by molar-refractivity contribution is 8.00. The van der Waals surface area contributed by atoms with Crippen LogP contribution in [0.15, 0.2) is 17.0 Å². The monoisotopic (exact) mass is 323 g/mol. The minimum absolute atomic E-state index is 0.00456. The zero-order chi connectivity index (χ0) is 15.3.